The van der Waals surface area contributed by atoms with Crippen molar-refractivity contribution < 1.29 is 41.7 Å². The number of nitrogens with zero attached hydrogens (tertiary/aromatic N) is 2. The number of hydrogen-bond acceptors (Lipinski definition) is 8. The van der Waals surface area contributed by atoms with Gasteiger partial charge in [-0.2, -0.15) is 0 Å². The van der Waals surface area contributed by atoms with Crippen molar-refractivity contribution in [2.24, 2.45) is 5.92 Å². The number of urea groups is 1. The number of aliphatic hydroxyl groups is 1. The van der Waals surface area contributed by atoms with Gasteiger partial charge in [0.2, 0.25) is 12.7 Å². The molecule has 2 heterocycles. The summed E-state index contributed by atoms with van der Waals surface area (Å²) in [5, 5.41) is 12.7. The average Bonchev–Trinajstić information content (AvgIpc) is 3.48. The summed E-state index contributed by atoms with van der Waals surface area (Å²) in [6.45, 7) is 3.88. The van der Waals surface area contributed by atoms with Crippen LogP contribution in [0.2, 0.25) is 0 Å². The topological polar surface area (TPSA) is 147 Å². The zero-order valence-electron chi connectivity index (χ0n) is 25.0. The van der Waals surface area contributed by atoms with Crippen molar-refractivity contribution in [3.63, 3.8) is 0 Å². The number of fused-ring (bicyclic) bond motifs is 2. The van der Waals surface area contributed by atoms with Crippen LogP contribution in [-0.2, 0) is 21.2 Å². The SMILES string of the molecule is C[C@H]1CN([C@@H](C)CO)C(=O)Cc2cc(NS(=O)(=O)c3ccc(F)cc3)ccc2O[C@@H]1CN(C)C(=O)Nc1ccc2c(c1)OCO2. The predicted molar refractivity (Wildman–Crippen MR) is 163 cm³/mol. The highest BCUT2D eigenvalue weighted by molar-refractivity contribution is 7.92. The van der Waals surface area contributed by atoms with Gasteiger partial charge in [-0.3, -0.25) is 9.52 Å². The summed E-state index contributed by atoms with van der Waals surface area (Å²) in [6.07, 6.45) is -0.705. The van der Waals surface area contributed by atoms with Gasteiger partial charge in [0.1, 0.15) is 17.7 Å². The minimum absolute atomic E-state index is 0.112. The van der Waals surface area contributed by atoms with E-state index in [1.54, 1.807) is 43.1 Å². The Morgan fingerprint density at radius 3 is 2.49 bits per heavy atom. The normalized spacial score (nSPS) is 18.5. The molecule has 5 rings (SSSR count). The molecule has 3 aromatic carbocycles. The zero-order valence-corrected chi connectivity index (χ0v) is 25.8. The fourth-order valence-electron chi connectivity index (χ4n) is 5.08. The molecule has 0 aromatic heterocycles. The van der Waals surface area contributed by atoms with Crippen molar-refractivity contribution >= 4 is 33.3 Å². The van der Waals surface area contributed by atoms with Gasteiger partial charge >= 0.3 is 6.03 Å². The van der Waals surface area contributed by atoms with Gasteiger partial charge in [-0.05, 0) is 61.5 Å². The Balaban J connectivity index is 1.38. The second kappa shape index (κ2) is 13.2. The average molecular weight is 643 g/mol. The summed E-state index contributed by atoms with van der Waals surface area (Å²) < 4.78 is 58.9. The first kappa shape index (κ1) is 31.9. The number of likely N-dealkylation sites (N-methyl/N-ethyl adjacent to an activating group) is 1. The summed E-state index contributed by atoms with van der Waals surface area (Å²) in [4.78, 5) is 29.5. The van der Waals surface area contributed by atoms with Gasteiger partial charge in [-0.15, -0.1) is 0 Å². The molecule has 12 nitrogen and oxygen atoms in total. The number of benzene rings is 3. The second-order valence-electron chi connectivity index (χ2n) is 11.1. The van der Waals surface area contributed by atoms with Gasteiger partial charge < -0.3 is 34.4 Å². The molecule has 3 N–H and O–H groups in total. The molecule has 2 aliphatic heterocycles. The number of carbonyl (C=O) groups excluding carboxylic acids is 2. The van der Waals surface area contributed by atoms with Gasteiger partial charge in [0.25, 0.3) is 10.0 Å². The van der Waals surface area contributed by atoms with E-state index in [9.17, 15) is 27.5 Å². The van der Waals surface area contributed by atoms with Crippen LogP contribution in [0.1, 0.15) is 19.4 Å². The number of sulfonamides is 1. The van der Waals surface area contributed by atoms with Gasteiger partial charge in [0, 0.05) is 42.5 Å². The van der Waals surface area contributed by atoms with Crippen LogP contribution >= 0.6 is 0 Å². The Labute approximate surface area is 260 Å². The van der Waals surface area contributed by atoms with Gasteiger partial charge in [-0.1, -0.05) is 6.92 Å². The Bertz CT molecular complexity index is 1670. The van der Waals surface area contributed by atoms with Crippen LogP contribution in [0.25, 0.3) is 0 Å². The molecular formula is C31H35FN4O8S. The van der Waals surface area contributed by atoms with Crippen molar-refractivity contribution in [2.45, 2.75) is 37.3 Å². The lowest BCUT2D eigenvalue weighted by Crippen LogP contribution is -2.48. The molecule has 0 radical (unpaired) electrons. The molecule has 0 aliphatic carbocycles. The maximum Gasteiger partial charge on any atom is 0.321 e. The smallest absolute Gasteiger partial charge is 0.321 e. The summed E-state index contributed by atoms with van der Waals surface area (Å²) in [6, 6.07) is 13.2. The zero-order chi connectivity index (χ0) is 32.3. The number of ether oxygens (including phenoxy) is 3. The molecule has 14 heteroatoms. The molecule has 0 fully saturated rings. The summed E-state index contributed by atoms with van der Waals surface area (Å²) >= 11 is 0. The van der Waals surface area contributed by atoms with E-state index in [4.69, 9.17) is 14.2 Å². The van der Waals surface area contributed by atoms with E-state index >= 15 is 0 Å². The fourth-order valence-corrected chi connectivity index (χ4v) is 6.13. The number of hydrogen-bond donors (Lipinski definition) is 3. The summed E-state index contributed by atoms with van der Waals surface area (Å²) in [7, 11) is -2.42. The molecule has 0 unspecified atom stereocenters. The third kappa shape index (κ3) is 7.40. The lowest BCUT2D eigenvalue weighted by atomic mass is 10.0. The lowest BCUT2D eigenvalue weighted by Gasteiger charge is -2.34. The highest BCUT2D eigenvalue weighted by atomic mass is 32.2. The predicted octanol–water partition coefficient (Wildman–Crippen LogP) is 3.67. The molecule has 240 valence electrons. The first-order chi connectivity index (χ1) is 21.4. The second-order valence-corrected chi connectivity index (χ2v) is 12.8. The Morgan fingerprint density at radius 1 is 1.07 bits per heavy atom. The van der Waals surface area contributed by atoms with Crippen LogP contribution in [-0.4, -0.2) is 80.9 Å². The minimum Gasteiger partial charge on any atom is -0.488 e. The molecule has 3 aromatic rings. The van der Waals surface area contributed by atoms with Crippen molar-refractivity contribution in [2.75, 3.05) is 43.6 Å². The summed E-state index contributed by atoms with van der Waals surface area (Å²) in [5.74, 6) is 0.363. The fraction of sp³-hybridized carbons (Fsp3) is 0.355. The molecule has 2 aliphatic rings. The van der Waals surface area contributed by atoms with Crippen molar-refractivity contribution in [3.8, 4) is 17.2 Å². The van der Waals surface area contributed by atoms with Crippen LogP contribution in [0.5, 0.6) is 17.2 Å². The van der Waals surface area contributed by atoms with Crippen LogP contribution in [0.3, 0.4) is 0 Å². The maximum absolute atomic E-state index is 13.5. The molecule has 0 saturated carbocycles. The Kier molecular flexibility index (Phi) is 9.34. The molecule has 0 spiro atoms. The molecule has 45 heavy (non-hydrogen) atoms. The van der Waals surface area contributed by atoms with Gasteiger partial charge in [0.15, 0.2) is 11.5 Å². The first-order valence-electron chi connectivity index (χ1n) is 14.3. The number of halogens is 1. The van der Waals surface area contributed by atoms with Crippen LogP contribution in [0, 0.1) is 11.7 Å². The van der Waals surface area contributed by atoms with E-state index in [-0.39, 0.29) is 55.3 Å². The summed E-state index contributed by atoms with van der Waals surface area (Å²) in [5.41, 5.74) is 1.12. The van der Waals surface area contributed by atoms with E-state index in [1.165, 1.54) is 17.0 Å². The highest BCUT2D eigenvalue weighted by Crippen LogP contribution is 2.34. The highest BCUT2D eigenvalue weighted by Gasteiger charge is 2.32. The third-order valence-electron chi connectivity index (χ3n) is 7.72. The molecule has 3 amide bonds. The number of aliphatic hydroxyl groups excluding tert-OH is 1. The largest absolute Gasteiger partial charge is 0.488 e. The standard InChI is InChI=1S/C31H35FN4O8S/c1-19-15-36(20(2)17-37)30(38)13-21-12-24(34-45(40,41)25-8-4-22(32)5-9-25)7-10-26(21)44-29(19)16-35(3)31(39)33-23-6-11-27-28(14-23)43-18-42-27/h4-12,14,19-20,29,34,37H,13,15-18H2,1-3H3,(H,33,39)/t19-,20-,29+/m0/s1. The third-order valence-corrected chi connectivity index (χ3v) is 9.11. The van der Waals surface area contributed by atoms with E-state index < -0.39 is 34.0 Å². The number of anilines is 2. The van der Waals surface area contributed by atoms with Crippen molar-refractivity contribution in [3.05, 3.63) is 72.0 Å². The monoisotopic (exact) mass is 642 g/mol. The Morgan fingerprint density at radius 2 is 1.76 bits per heavy atom. The van der Waals surface area contributed by atoms with Crippen LogP contribution < -0.4 is 24.2 Å². The van der Waals surface area contributed by atoms with Crippen molar-refractivity contribution in [1.29, 1.82) is 0 Å². The molecule has 3 atom stereocenters. The number of amides is 3. The van der Waals surface area contributed by atoms with Gasteiger partial charge in [0.05, 0.1) is 30.5 Å². The van der Waals surface area contributed by atoms with Crippen LogP contribution in [0.4, 0.5) is 20.6 Å². The molecule has 0 saturated heterocycles. The number of rotatable bonds is 8. The lowest BCUT2D eigenvalue weighted by molar-refractivity contribution is -0.134. The quantitative estimate of drug-likeness (QED) is 0.338. The maximum atomic E-state index is 13.5. The Hall–Kier alpha value is -4.56. The van der Waals surface area contributed by atoms with E-state index in [2.05, 4.69) is 10.0 Å². The van der Waals surface area contributed by atoms with E-state index in [0.717, 1.165) is 24.3 Å². The van der Waals surface area contributed by atoms with E-state index in [1.807, 2.05) is 6.92 Å². The van der Waals surface area contributed by atoms with Crippen molar-refractivity contribution in [1.82, 2.24) is 9.80 Å². The first-order valence-corrected chi connectivity index (χ1v) is 15.8. The molecule has 0 bridgehead atoms. The van der Waals surface area contributed by atoms with E-state index in [0.29, 0.717) is 28.5 Å². The minimum atomic E-state index is -4.05. The molecular weight excluding hydrogens is 607 g/mol. The van der Waals surface area contributed by atoms with Crippen LogP contribution in [0.15, 0.2) is 65.6 Å². The number of nitrogens with one attached hydrogen (secondary N) is 2. The van der Waals surface area contributed by atoms with Gasteiger partial charge in [-0.25, -0.2) is 17.6 Å². The number of carbonyl (C=O) groups is 2.